The van der Waals surface area contributed by atoms with Crippen LogP contribution in [0.15, 0.2) is 0 Å². The molecule has 0 N–H and O–H groups in total. The molecule has 0 aromatic heterocycles. The molecule has 0 saturated carbocycles. The number of ether oxygens (including phenoxy) is 2. The van der Waals surface area contributed by atoms with E-state index in [2.05, 4.69) is 9.47 Å². The SMILES string of the molecule is COC(=O)C(OC(C)=O)SC. The maximum Gasteiger partial charge on any atom is 0.357 e. The lowest BCUT2D eigenvalue weighted by Gasteiger charge is -2.10. The number of carbonyl (C=O) groups excluding carboxylic acids is 2. The molecule has 0 aromatic rings. The summed E-state index contributed by atoms with van der Waals surface area (Å²) in [4.78, 5) is 21.1. The van der Waals surface area contributed by atoms with Crippen LogP contribution in [0.25, 0.3) is 0 Å². The summed E-state index contributed by atoms with van der Waals surface area (Å²) in [6, 6.07) is 0. The summed E-state index contributed by atoms with van der Waals surface area (Å²) >= 11 is 1.11. The average Bonchev–Trinajstić information content (AvgIpc) is 1.98. The van der Waals surface area contributed by atoms with Gasteiger partial charge in [-0.15, -0.1) is 11.8 Å². The van der Waals surface area contributed by atoms with E-state index >= 15 is 0 Å². The van der Waals surface area contributed by atoms with Gasteiger partial charge in [0.2, 0.25) is 5.44 Å². The normalized spacial score (nSPS) is 11.9. The van der Waals surface area contributed by atoms with Crippen LogP contribution in [0.5, 0.6) is 0 Å². The maximum atomic E-state index is 10.8. The van der Waals surface area contributed by atoms with Crippen molar-refractivity contribution in [2.75, 3.05) is 13.4 Å². The van der Waals surface area contributed by atoms with Gasteiger partial charge in [0.05, 0.1) is 7.11 Å². The Morgan fingerprint density at radius 3 is 2.27 bits per heavy atom. The highest BCUT2D eigenvalue weighted by Gasteiger charge is 2.20. The minimum absolute atomic E-state index is 0.491. The van der Waals surface area contributed by atoms with Crippen LogP contribution in [0.1, 0.15) is 6.92 Å². The number of methoxy groups -OCH3 is 1. The second kappa shape index (κ2) is 5.01. The lowest BCUT2D eigenvalue weighted by Crippen LogP contribution is -2.23. The zero-order chi connectivity index (χ0) is 8.85. The Kier molecular flexibility index (Phi) is 4.69. The van der Waals surface area contributed by atoms with E-state index in [1.165, 1.54) is 14.0 Å². The Bertz CT molecular complexity index is 157. The van der Waals surface area contributed by atoms with Crippen LogP contribution < -0.4 is 0 Å². The van der Waals surface area contributed by atoms with Gasteiger partial charge in [-0.1, -0.05) is 0 Å². The van der Waals surface area contributed by atoms with Crippen LogP contribution in [0.3, 0.4) is 0 Å². The standard InChI is InChI=1S/C6H10O4S/c1-4(7)10-6(11-3)5(8)9-2/h6H,1-3H3. The van der Waals surface area contributed by atoms with Gasteiger partial charge in [-0.3, -0.25) is 4.79 Å². The van der Waals surface area contributed by atoms with Crippen LogP contribution in [0.2, 0.25) is 0 Å². The molecule has 0 aromatic carbocycles. The number of thioether (sulfide) groups is 1. The Hall–Kier alpha value is -0.710. The zero-order valence-electron chi connectivity index (χ0n) is 6.62. The molecule has 0 aliphatic carbocycles. The molecule has 1 atom stereocenters. The molecule has 5 heteroatoms. The second-order valence-corrected chi connectivity index (χ2v) is 2.60. The molecular weight excluding hydrogens is 168 g/mol. The van der Waals surface area contributed by atoms with Crippen molar-refractivity contribution < 1.29 is 19.1 Å². The van der Waals surface area contributed by atoms with Crippen molar-refractivity contribution in [1.29, 1.82) is 0 Å². The molecule has 0 amide bonds. The molecule has 0 aliphatic heterocycles. The molecule has 0 aliphatic rings. The molecule has 11 heavy (non-hydrogen) atoms. The second-order valence-electron chi connectivity index (χ2n) is 1.70. The number of carbonyl (C=O) groups is 2. The molecule has 0 radical (unpaired) electrons. The van der Waals surface area contributed by atoms with E-state index in [4.69, 9.17) is 0 Å². The summed E-state index contributed by atoms with van der Waals surface area (Å²) in [7, 11) is 1.25. The highest BCUT2D eigenvalue weighted by Crippen LogP contribution is 2.09. The van der Waals surface area contributed by atoms with Crippen molar-refractivity contribution in [3.8, 4) is 0 Å². The van der Waals surface area contributed by atoms with Crippen LogP contribution in [0, 0.1) is 0 Å². The van der Waals surface area contributed by atoms with Gasteiger partial charge in [-0.05, 0) is 6.26 Å². The fourth-order valence-electron chi connectivity index (χ4n) is 0.439. The predicted molar refractivity (Wildman–Crippen MR) is 41.1 cm³/mol. The van der Waals surface area contributed by atoms with Gasteiger partial charge < -0.3 is 9.47 Å². The number of hydrogen-bond donors (Lipinski definition) is 0. The van der Waals surface area contributed by atoms with Gasteiger partial charge in [-0.2, -0.15) is 0 Å². The quantitative estimate of drug-likeness (QED) is 0.463. The lowest BCUT2D eigenvalue weighted by atomic mass is 10.7. The van der Waals surface area contributed by atoms with Gasteiger partial charge in [0.25, 0.3) is 0 Å². The third-order valence-electron chi connectivity index (χ3n) is 0.881. The van der Waals surface area contributed by atoms with Crippen molar-refractivity contribution in [3.05, 3.63) is 0 Å². The third kappa shape index (κ3) is 3.87. The molecule has 1 unspecified atom stereocenters. The van der Waals surface area contributed by atoms with Crippen molar-refractivity contribution in [1.82, 2.24) is 0 Å². The van der Waals surface area contributed by atoms with Crippen molar-refractivity contribution >= 4 is 23.7 Å². The number of rotatable bonds is 3. The van der Waals surface area contributed by atoms with E-state index in [0.717, 1.165) is 11.8 Å². The highest BCUT2D eigenvalue weighted by atomic mass is 32.2. The molecule has 0 bridgehead atoms. The first-order valence-corrected chi connectivity index (χ1v) is 4.18. The minimum atomic E-state index is -0.836. The van der Waals surface area contributed by atoms with Crippen LogP contribution >= 0.6 is 11.8 Å². The molecule has 0 fully saturated rings. The van der Waals surface area contributed by atoms with Gasteiger partial charge >= 0.3 is 11.9 Å². The smallest absolute Gasteiger partial charge is 0.357 e. The molecule has 0 spiro atoms. The van der Waals surface area contributed by atoms with Crippen LogP contribution in [0.4, 0.5) is 0 Å². The number of esters is 2. The topological polar surface area (TPSA) is 52.6 Å². The van der Waals surface area contributed by atoms with E-state index in [0.29, 0.717) is 0 Å². The molecule has 0 heterocycles. The molecule has 64 valence electrons. The van der Waals surface area contributed by atoms with Crippen LogP contribution in [-0.2, 0) is 19.1 Å². The summed E-state index contributed by atoms with van der Waals surface area (Å²) in [5.74, 6) is -1.04. The summed E-state index contributed by atoms with van der Waals surface area (Å²) in [5, 5.41) is 0. The van der Waals surface area contributed by atoms with Gasteiger partial charge in [0.15, 0.2) is 0 Å². The minimum Gasteiger partial charge on any atom is -0.466 e. The van der Waals surface area contributed by atoms with E-state index in [9.17, 15) is 9.59 Å². The lowest BCUT2D eigenvalue weighted by molar-refractivity contribution is -0.158. The summed E-state index contributed by atoms with van der Waals surface area (Å²) in [6.07, 6.45) is 1.66. The largest absolute Gasteiger partial charge is 0.466 e. The summed E-state index contributed by atoms with van der Waals surface area (Å²) < 4.78 is 8.97. The van der Waals surface area contributed by atoms with Crippen molar-refractivity contribution in [3.63, 3.8) is 0 Å². The van der Waals surface area contributed by atoms with E-state index in [1.54, 1.807) is 6.26 Å². The highest BCUT2D eigenvalue weighted by molar-refractivity contribution is 7.99. The van der Waals surface area contributed by atoms with Crippen LogP contribution in [-0.4, -0.2) is 30.7 Å². The number of hydrogen-bond acceptors (Lipinski definition) is 5. The summed E-state index contributed by atoms with van der Waals surface area (Å²) in [5.41, 5.74) is -0.836. The van der Waals surface area contributed by atoms with Gasteiger partial charge in [0, 0.05) is 6.92 Å². The Morgan fingerprint density at radius 1 is 1.45 bits per heavy atom. The fraction of sp³-hybridized carbons (Fsp3) is 0.667. The monoisotopic (exact) mass is 178 g/mol. The third-order valence-corrected chi connectivity index (χ3v) is 1.60. The molecule has 0 saturated heterocycles. The zero-order valence-corrected chi connectivity index (χ0v) is 7.44. The van der Waals surface area contributed by atoms with Crippen molar-refractivity contribution in [2.24, 2.45) is 0 Å². The summed E-state index contributed by atoms with van der Waals surface area (Å²) in [6.45, 7) is 1.24. The van der Waals surface area contributed by atoms with Gasteiger partial charge in [-0.25, -0.2) is 4.79 Å². The molecular formula is C6H10O4S. The first-order chi connectivity index (χ1) is 5.11. The van der Waals surface area contributed by atoms with Crippen molar-refractivity contribution in [2.45, 2.75) is 12.4 Å². The van der Waals surface area contributed by atoms with E-state index < -0.39 is 17.4 Å². The Morgan fingerprint density at radius 2 is 2.00 bits per heavy atom. The van der Waals surface area contributed by atoms with E-state index in [-0.39, 0.29) is 0 Å². The Labute approximate surface area is 69.2 Å². The van der Waals surface area contributed by atoms with Gasteiger partial charge in [0.1, 0.15) is 0 Å². The molecule has 4 nitrogen and oxygen atoms in total. The van der Waals surface area contributed by atoms with E-state index in [1.807, 2.05) is 0 Å². The Balaban J connectivity index is 3.94. The maximum absolute atomic E-state index is 10.8. The fourth-order valence-corrected chi connectivity index (χ4v) is 0.960. The first-order valence-electron chi connectivity index (χ1n) is 2.89. The average molecular weight is 178 g/mol. The predicted octanol–water partition coefficient (Wildman–Crippen LogP) is 0.412. The molecule has 0 rings (SSSR count). The first kappa shape index (κ1) is 10.3.